The van der Waals surface area contributed by atoms with Gasteiger partial charge in [-0.2, -0.15) is 0 Å². The van der Waals surface area contributed by atoms with E-state index in [9.17, 15) is 4.79 Å². The maximum absolute atomic E-state index is 11.0. The van der Waals surface area contributed by atoms with Gasteiger partial charge in [0.2, 0.25) is 0 Å². The zero-order valence-corrected chi connectivity index (χ0v) is 15.2. The summed E-state index contributed by atoms with van der Waals surface area (Å²) in [6.07, 6.45) is 3.77. The van der Waals surface area contributed by atoms with Crippen LogP contribution < -0.4 is 10.6 Å². The first kappa shape index (κ1) is 18.7. The monoisotopic (exact) mass is 349 g/mol. The molecule has 0 saturated carbocycles. The van der Waals surface area contributed by atoms with Crippen molar-refractivity contribution >= 4 is 23.3 Å². The molecule has 0 radical (unpaired) electrons. The molecule has 0 aromatic heterocycles. The van der Waals surface area contributed by atoms with E-state index in [4.69, 9.17) is 12.2 Å². The molecule has 1 aromatic rings. The average molecular weight is 350 g/mol. The second-order valence-corrected chi connectivity index (χ2v) is 6.50. The highest BCUT2D eigenvalue weighted by molar-refractivity contribution is 7.80. The Labute approximate surface area is 149 Å². The Morgan fingerprint density at radius 1 is 1.17 bits per heavy atom. The highest BCUT2D eigenvalue weighted by Gasteiger charge is 2.11. The molecule has 5 nitrogen and oxygen atoms in total. The standard InChI is InChI=1S/C18H27N3O2S/c1-23-17(22)5-4-10-19-18(24)20-13-15-6-8-16(9-7-15)14-21-11-2-3-12-21/h6-9H,2-5,10-14H2,1H3,(H2,19,20,24). The molecule has 1 fully saturated rings. The van der Waals surface area contributed by atoms with Crippen molar-refractivity contribution in [3.05, 3.63) is 35.4 Å². The number of nitrogens with zero attached hydrogens (tertiary/aromatic N) is 1. The third-order valence-electron chi connectivity index (χ3n) is 4.15. The van der Waals surface area contributed by atoms with Gasteiger partial charge in [0, 0.05) is 26.1 Å². The van der Waals surface area contributed by atoms with E-state index in [1.165, 1.54) is 44.2 Å². The molecule has 1 saturated heterocycles. The Morgan fingerprint density at radius 3 is 2.50 bits per heavy atom. The van der Waals surface area contributed by atoms with Crippen LogP contribution in [0.2, 0.25) is 0 Å². The van der Waals surface area contributed by atoms with Gasteiger partial charge in [-0.05, 0) is 55.7 Å². The van der Waals surface area contributed by atoms with Gasteiger partial charge in [0.15, 0.2) is 5.11 Å². The average Bonchev–Trinajstić information content (AvgIpc) is 3.11. The molecule has 132 valence electrons. The third kappa shape index (κ3) is 6.84. The zero-order chi connectivity index (χ0) is 17.2. The van der Waals surface area contributed by atoms with Crippen molar-refractivity contribution in [3.63, 3.8) is 0 Å². The number of thiocarbonyl (C=S) groups is 1. The number of ether oxygens (including phenoxy) is 1. The number of nitrogens with one attached hydrogen (secondary N) is 2. The Kier molecular flexibility index (Phi) is 7.98. The first-order chi connectivity index (χ1) is 11.7. The van der Waals surface area contributed by atoms with E-state index in [0.29, 0.717) is 31.0 Å². The number of hydrogen-bond donors (Lipinski definition) is 2. The molecule has 1 aliphatic rings. The largest absolute Gasteiger partial charge is 0.469 e. The number of esters is 1. The summed E-state index contributed by atoms with van der Waals surface area (Å²) in [5.74, 6) is -0.190. The molecule has 0 amide bonds. The Morgan fingerprint density at radius 2 is 1.83 bits per heavy atom. The lowest BCUT2D eigenvalue weighted by Gasteiger charge is -2.15. The third-order valence-corrected chi connectivity index (χ3v) is 4.44. The number of carbonyl (C=O) groups excluding carboxylic acids is 1. The molecule has 0 bridgehead atoms. The van der Waals surface area contributed by atoms with Crippen LogP contribution in [0.25, 0.3) is 0 Å². The summed E-state index contributed by atoms with van der Waals surface area (Å²) >= 11 is 5.24. The van der Waals surface area contributed by atoms with E-state index in [1.807, 2.05) is 0 Å². The van der Waals surface area contributed by atoms with Crippen LogP contribution in [0.15, 0.2) is 24.3 Å². The summed E-state index contributed by atoms with van der Waals surface area (Å²) in [4.78, 5) is 13.5. The predicted molar refractivity (Wildman–Crippen MR) is 99.6 cm³/mol. The van der Waals surface area contributed by atoms with Crippen molar-refractivity contribution in [1.29, 1.82) is 0 Å². The molecule has 0 atom stereocenters. The zero-order valence-electron chi connectivity index (χ0n) is 14.3. The van der Waals surface area contributed by atoms with Gasteiger partial charge < -0.3 is 15.4 Å². The smallest absolute Gasteiger partial charge is 0.305 e. The van der Waals surface area contributed by atoms with E-state index >= 15 is 0 Å². The summed E-state index contributed by atoms with van der Waals surface area (Å²) < 4.78 is 4.60. The van der Waals surface area contributed by atoms with Crippen molar-refractivity contribution in [2.75, 3.05) is 26.7 Å². The van der Waals surface area contributed by atoms with Crippen LogP contribution >= 0.6 is 12.2 Å². The number of methoxy groups -OCH3 is 1. The molecule has 6 heteroatoms. The molecule has 1 aromatic carbocycles. The highest BCUT2D eigenvalue weighted by atomic mass is 32.1. The van der Waals surface area contributed by atoms with Crippen molar-refractivity contribution in [2.24, 2.45) is 0 Å². The number of hydrogen-bond acceptors (Lipinski definition) is 4. The summed E-state index contributed by atoms with van der Waals surface area (Å²) in [5, 5.41) is 6.90. The Bertz CT molecular complexity index is 528. The maximum Gasteiger partial charge on any atom is 0.305 e. The topological polar surface area (TPSA) is 53.6 Å². The minimum atomic E-state index is -0.190. The molecular formula is C18H27N3O2S. The molecule has 0 aliphatic carbocycles. The van der Waals surface area contributed by atoms with E-state index < -0.39 is 0 Å². The lowest BCUT2D eigenvalue weighted by atomic mass is 10.1. The second kappa shape index (κ2) is 10.3. The van der Waals surface area contributed by atoms with Crippen LogP contribution in [0, 0.1) is 0 Å². The normalized spacial score (nSPS) is 14.4. The van der Waals surface area contributed by atoms with Gasteiger partial charge in [-0.3, -0.25) is 9.69 Å². The first-order valence-corrected chi connectivity index (χ1v) is 8.97. The highest BCUT2D eigenvalue weighted by Crippen LogP contribution is 2.13. The Balaban J connectivity index is 1.62. The van der Waals surface area contributed by atoms with Crippen molar-refractivity contribution < 1.29 is 9.53 Å². The lowest BCUT2D eigenvalue weighted by Crippen LogP contribution is -2.35. The quantitative estimate of drug-likeness (QED) is 0.426. The molecule has 0 unspecified atom stereocenters. The summed E-state index contributed by atoms with van der Waals surface area (Å²) in [6, 6.07) is 8.70. The van der Waals surface area contributed by atoms with Gasteiger partial charge in [0.1, 0.15) is 0 Å². The summed E-state index contributed by atoms with van der Waals surface area (Å²) in [7, 11) is 1.40. The second-order valence-electron chi connectivity index (χ2n) is 6.09. The molecule has 24 heavy (non-hydrogen) atoms. The fourth-order valence-corrected chi connectivity index (χ4v) is 2.92. The van der Waals surface area contributed by atoms with E-state index in [2.05, 4.69) is 44.5 Å². The van der Waals surface area contributed by atoms with Crippen LogP contribution in [0.1, 0.15) is 36.8 Å². The predicted octanol–water partition coefficient (Wildman–Crippen LogP) is 2.20. The lowest BCUT2D eigenvalue weighted by molar-refractivity contribution is -0.140. The van der Waals surface area contributed by atoms with Crippen molar-refractivity contribution in [1.82, 2.24) is 15.5 Å². The van der Waals surface area contributed by atoms with Crippen molar-refractivity contribution in [2.45, 2.75) is 38.8 Å². The first-order valence-electron chi connectivity index (χ1n) is 8.56. The van der Waals surface area contributed by atoms with Crippen LogP contribution in [-0.2, 0) is 22.6 Å². The van der Waals surface area contributed by atoms with Gasteiger partial charge in [-0.15, -0.1) is 0 Å². The minimum Gasteiger partial charge on any atom is -0.469 e. The van der Waals surface area contributed by atoms with Crippen LogP contribution in [0.5, 0.6) is 0 Å². The van der Waals surface area contributed by atoms with Gasteiger partial charge in [-0.25, -0.2) is 0 Å². The SMILES string of the molecule is COC(=O)CCCNC(=S)NCc1ccc(CN2CCCC2)cc1. The van der Waals surface area contributed by atoms with Gasteiger partial charge in [0.25, 0.3) is 0 Å². The number of carbonyl (C=O) groups is 1. The van der Waals surface area contributed by atoms with Gasteiger partial charge in [-0.1, -0.05) is 24.3 Å². The number of likely N-dealkylation sites (tertiary alicyclic amines) is 1. The van der Waals surface area contributed by atoms with Gasteiger partial charge in [0.05, 0.1) is 7.11 Å². The molecule has 0 spiro atoms. The van der Waals surface area contributed by atoms with Crippen molar-refractivity contribution in [3.8, 4) is 0 Å². The van der Waals surface area contributed by atoms with Gasteiger partial charge >= 0.3 is 5.97 Å². The molecule has 1 heterocycles. The number of rotatable bonds is 8. The Hall–Kier alpha value is -1.66. The molecule has 1 aliphatic heterocycles. The van der Waals surface area contributed by atoms with E-state index in [1.54, 1.807) is 0 Å². The molecule has 2 rings (SSSR count). The van der Waals surface area contributed by atoms with Crippen LogP contribution in [0.3, 0.4) is 0 Å². The maximum atomic E-state index is 11.0. The summed E-state index contributed by atoms with van der Waals surface area (Å²) in [5.41, 5.74) is 2.57. The number of benzene rings is 1. The molecule has 2 N–H and O–H groups in total. The van der Waals surface area contributed by atoms with E-state index in [0.717, 1.165) is 6.54 Å². The fourth-order valence-electron chi connectivity index (χ4n) is 2.74. The van der Waals surface area contributed by atoms with E-state index in [-0.39, 0.29) is 5.97 Å². The van der Waals surface area contributed by atoms with Crippen LogP contribution in [-0.4, -0.2) is 42.7 Å². The molecular weight excluding hydrogens is 322 g/mol. The fraction of sp³-hybridized carbons (Fsp3) is 0.556. The minimum absolute atomic E-state index is 0.190. The van der Waals surface area contributed by atoms with Crippen LogP contribution in [0.4, 0.5) is 0 Å². The summed E-state index contributed by atoms with van der Waals surface area (Å²) in [6.45, 7) is 4.86.